The van der Waals surface area contributed by atoms with Crippen molar-refractivity contribution in [3.63, 3.8) is 0 Å². The molecule has 6 heteroatoms. The van der Waals surface area contributed by atoms with Crippen LogP contribution in [0.3, 0.4) is 0 Å². The molecule has 0 spiro atoms. The zero-order valence-electron chi connectivity index (χ0n) is 14.8. The van der Waals surface area contributed by atoms with Crippen molar-refractivity contribution in [1.82, 2.24) is 14.4 Å². The molecule has 0 unspecified atom stereocenters. The zero-order chi connectivity index (χ0) is 17.3. The van der Waals surface area contributed by atoms with Crippen LogP contribution in [-0.2, 0) is 16.6 Å². The summed E-state index contributed by atoms with van der Waals surface area (Å²) >= 11 is 0. The number of hydrogen-bond donors (Lipinski definition) is 0. The molecular weight excluding hydrogens is 306 g/mol. The zero-order valence-corrected chi connectivity index (χ0v) is 14.8. The van der Waals surface area contributed by atoms with Crippen LogP contribution in [0.25, 0.3) is 0 Å². The van der Waals surface area contributed by atoms with Gasteiger partial charge in [0, 0.05) is 46.4 Å². The lowest BCUT2D eigenvalue weighted by Crippen LogP contribution is -2.38. The number of nitrogens with zero attached hydrogens (tertiary/aromatic N) is 3. The lowest BCUT2D eigenvalue weighted by atomic mass is 9.99. The summed E-state index contributed by atoms with van der Waals surface area (Å²) in [5.41, 5.74) is 1.74. The molecule has 3 heterocycles. The summed E-state index contributed by atoms with van der Waals surface area (Å²) in [6, 6.07) is 3.97. The molecule has 2 aliphatic rings. The van der Waals surface area contributed by atoms with Crippen LogP contribution in [-0.4, -0.2) is 59.0 Å². The third kappa shape index (κ3) is 3.07. The van der Waals surface area contributed by atoms with Gasteiger partial charge in [0.05, 0.1) is 12.1 Å². The van der Waals surface area contributed by atoms with Gasteiger partial charge in [-0.05, 0) is 37.8 Å². The van der Waals surface area contributed by atoms with Crippen molar-refractivity contribution in [1.29, 1.82) is 0 Å². The third-order valence-electron chi connectivity index (χ3n) is 5.39. The summed E-state index contributed by atoms with van der Waals surface area (Å²) in [6.07, 6.45) is 4.16. The molecule has 2 amide bonds. The molecule has 1 aromatic rings. The van der Waals surface area contributed by atoms with Crippen molar-refractivity contribution < 1.29 is 14.3 Å². The molecule has 3 rings (SSSR count). The Morgan fingerprint density at radius 2 is 1.96 bits per heavy atom. The summed E-state index contributed by atoms with van der Waals surface area (Å²) < 4.78 is 7.32. The van der Waals surface area contributed by atoms with Crippen LogP contribution < -0.4 is 0 Å². The van der Waals surface area contributed by atoms with Gasteiger partial charge in [0.25, 0.3) is 5.91 Å². The molecule has 2 fully saturated rings. The minimum Gasteiger partial charge on any atom is -0.380 e. The van der Waals surface area contributed by atoms with Gasteiger partial charge in [0.2, 0.25) is 5.91 Å². The van der Waals surface area contributed by atoms with Gasteiger partial charge >= 0.3 is 0 Å². The van der Waals surface area contributed by atoms with E-state index in [-0.39, 0.29) is 24.0 Å². The largest absolute Gasteiger partial charge is 0.380 e. The highest BCUT2D eigenvalue weighted by Gasteiger charge is 2.31. The smallest absolute Gasteiger partial charge is 0.270 e. The molecular formula is C18H27N3O3. The van der Waals surface area contributed by atoms with Crippen molar-refractivity contribution in [2.45, 2.75) is 44.8 Å². The van der Waals surface area contributed by atoms with Crippen molar-refractivity contribution in [2.75, 3.05) is 26.7 Å². The fourth-order valence-electron chi connectivity index (χ4n) is 3.96. The van der Waals surface area contributed by atoms with Gasteiger partial charge in [-0.15, -0.1) is 0 Å². The highest BCUT2D eigenvalue weighted by Crippen LogP contribution is 2.32. The van der Waals surface area contributed by atoms with E-state index in [0.29, 0.717) is 12.2 Å². The Kier molecular flexibility index (Phi) is 4.94. The van der Waals surface area contributed by atoms with E-state index in [4.69, 9.17) is 4.74 Å². The van der Waals surface area contributed by atoms with E-state index < -0.39 is 0 Å². The maximum absolute atomic E-state index is 12.8. The van der Waals surface area contributed by atoms with Crippen LogP contribution in [0.5, 0.6) is 0 Å². The highest BCUT2D eigenvalue weighted by atomic mass is 16.5. The first-order chi connectivity index (χ1) is 11.5. The van der Waals surface area contributed by atoms with Gasteiger partial charge < -0.3 is 19.1 Å². The Bertz CT molecular complexity index is 625. The van der Waals surface area contributed by atoms with Crippen LogP contribution in [0, 0.1) is 0 Å². The molecule has 6 nitrogen and oxygen atoms in total. The maximum Gasteiger partial charge on any atom is 0.270 e. The average Bonchev–Trinajstić information content (AvgIpc) is 3.21. The second-order valence-corrected chi connectivity index (χ2v) is 6.82. The highest BCUT2D eigenvalue weighted by molar-refractivity contribution is 5.93. The lowest BCUT2D eigenvalue weighted by molar-refractivity contribution is -0.132. The minimum atomic E-state index is 0.0495. The average molecular weight is 333 g/mol. The molecule has 132 valence electrons. The van der Waals surface area contributed by atoms with Crippen LogP contribution >= 0.6 is 0 Å². The molecule has 0 radical (unpaired) electrons. The van der Waals surface area contributed by atoms with Crippen molar-refractivity contribution in [2.24, 2.45) is 7.05 Å². The SMILES string of the molecule is CO[C@@H]1CCN(C(=O)c2ccc([C@H]3CCCCN3C(C)=O)n2C)C1. The molecule has 2 aliphatic heterocycles. The van der Waals surface area contributed by atoms with Crippen molar-refractivity contribution >= 4 is 11.8 Å². The summed E-state index contributed by atoms with van der Waals surface area (Å²) in [5, 5.41) is 0. The summed E-state index contributed by atoms with van der Waals surface area (Å²) in [7, 11) is 3.62. The Morgan fingerprint density at radius 1 is 1.17 bits per heavy atom. The fraction of sp³-hybridized carbons (Fsp3) is 0.667. The van der Waals surface area contributed by atoms with Crippen LogP contribution in [0.4, 0.5) is 0 Å². The molecule has 2 saturated heterocycles. The molecule has 24 heavy (non-hydrogen) atoms. The predicted octanol–water partition coefficient (Wildman–Crippen LogP) is 1.96. The topological polar surface area (TPSA) is 54.8 Å². The van der Waals surface area contributed by atoms with Crippen molar-refractivity contribution in [3.8, 4) is 0 Å². The Hall–Kier alpha value is -1.82. The molecule has 0 saturated carbocycles. The Balaban J connectivity index is 1.80. The lowest BCUT2D eigenvalue weighted by Gasteiger charge is -2.35. The first-order valence-electron chi connectivity index (χ1n) is 8.77. The number of carbonyl (C=O) groups excluding carboxylic acids is 2. The molecule has 1 aromatic heterocycles. The Labute approximate surface area is 143 Å². The number of hydrogen-bond acceptors (Lipinski definition) is 3. The summed E-state index contributed by atoms with van der Waals surface area (Å²) in [5.74, 6) is 0.157. The van der Waals surface area contributed by atoms with Crippen LogP contribution in [0.1, 0.15) is 54.8 Å². The molecule has 2 atom stereocenters. The first kappa shape index (κ1) is 17.0. The predicted molar refractivity (Wildman–Crippen MR) is 90.7 cm³/mol. The number of likely N-dealkylation sites (tertiary alicyclic amines) is 2. The number of methoxy groups -OCH3 is 1. The quantitative estimate of drug-likeness (QED) is 0.850. The summed E-state index contributed by atoms with van der Waals surface area (Å²) in [6.45, 7) is 3.82. The van der Waals surface area contributed by atoms with Crippen LogP contribution in [0.15, 0.2) is 12.1 Å². The van der Waals surface area contributed by atoms with Gasteiger partial charge in [-0.2, -0.15) is 0 Å². The molecule has 0 bridgehead atoms. The number of amides is 2. The first-order valence-corrected chi connectivity index (χ1v) is 8.77. The summed E-state index contributed by atoms with van der Waals surface area (Å²) in [4.78, 5) is 28.5. The van der Waals surface area contributed by atoms with E-state index in [0.717, 1.165) is 44.5 Å². The van der Waals surface area contributed by atoms with Gasteiger partial charge in [0.15, 0.2) is 0 Å². The van der Waals surface area contributed by atoms with Crippen molar-refractivity contribution in [3.05, 3.63) is 23.5 Å². The maximum atomic E-state index is 12.8. The normalized spacial score (nSPS) is 24.5. The third-order valence-corrected chi connectivity index (χ3v) is 5.39. The Morgan fingerprint density at radius 3 is 2.62 bits per heavy atom. The van der Waals surface area contributed by atoms with E-state index in [1.54, 1.807) is 14.0 Å². The van der Waals surface area contributed by atoms with Gasteiger partial charge in [-0.3, -0.25) is 9.59 Å². The van der Waals surface area contributed by atoms with E-state index in [9.17, 15) is 9.59 Å². The minimum absolute atomic E-state index is 0.0495. The molecule has 0 aliphatic carbocycles. The standard InChI is InChI=1S/C18H27N3O3/c1-13(22)21-10-5-4-6-16(21)15-7-8-17(19(15)2)18(23)20-11-9-14(12-20)24-3/h7-8,14,16H,4-6,9-12H2,1-3H3/t14-,16-/m1/s1. The van der Waals surface area contributed by atoms with E-state index in [2.05, 4.69) is 0 Å². The van der Waals surface area contributed by atoms with Crippen LogP contribution in [0.2, 0.25) is 0 Å². The number of ether oxygens (including phenoxy) is 1. The monoisotopic (exact) mass is 333 g/mol. The number of carbonyl (C=O) groups is 2. The number of rotatable bonds is 3. The number of piperidine rings is 1. The fourth-order valence-corrected chi connectivity index (χ4v) is 3.96. The molecule has 0 N–H and O–H groups in total. The van der Waals surface area contributed by atoms with Gasteiger partial charge in [0.1, 0.15) is 5.69 Å². The number of aromatic nitrogens is 1. The second-order valence-electron chi connectivity index (χ2n) is 6.82. The second kappa shape index (κ2) is 6.97. The van der Waals surface area contributed by atoms with E-state index in [1.807, 2.05) is 33.5 Å². The van der Waals surface area contributed by atoms with E-state index >= 15 is 0 Å². The van der Waals surface area contributed by atoms with Gasteiger partial charge in [-0.25, -0.2) is 0 Å². The van der Waals surface area contributed by atoms with Gasteiger partial charge in [-0.1, -0.05) is 0 Å². The molecule has 0 aromatic carbocycles. The van der Waals surface area contributed by atoms with E-state index in [1.165, 1.54) is 0 Å².